The number of halogens is 1. The number of aromatic nitrogens is 3. The first kappa shape index (κ1) is 21.0. The van der Waals surface area contributed by atoms with E-state index in [0.29, 0.717) is 22.6 Å². The van der Waals surface area contributed by atoms with Crippen molar-refractivity contribution in [3.63, 3.8) is 0 Å². The molecule has 0 saturated heterocycles. The van der Waals surface area contributed by atoms with Gasteiger partial charge < -0.3 is 9.88 Å². The van der Waals surface area contributed by atoms with Crippen LogP contribution in [0.15, 0.2) is 83.9 Å². The Hall–Kier alpha value is -3.90. The molecule has 0 unspecified atom stereocenters. The van der Waals surface area contributed by atoms with Crippen molar-refractivity contribution >= 4 is 45.1 Å². The molecule has 3 aromatic carbocycles. The third-order valence-corrected chi connectivity index (χ3v) is 6.12. The number of rotatable bonds is 5. The highest BCUT2D eigenvalue weighted by Crippen LogP contribution is 2.26. The third kappa shape index (κ3) is 3.90. The number of hydrogen-bond acceptors (Lipinski definition) is 3. The molecule has 164 valence electrons. The number of para-hydroxylation sites is 2. The number of hydrogen-bond donors (Lipinski definition) is 1. The first-order chi connectivity index (χ1) is 16.0. The second-order valence-electron chi connectivity index (χ2n) is 7.93. The van der Waals surface area contributed by atoms with Gasteiger partial charge in [-0.1, -0.05) is 66.2 Å². The molecule has 7 heteroatoms. The predicted octanol–water partition coefficient (Wildman–Crippen LogP) is 5.00. The van der Waals surface area contributed by atoms with Gasteiger partial charge in [-0.2, -0.15) is 0 Å². The molecular formula is C26H21ClN4O2. The van der Waals surface area contributed by atoms with Crippen LogP contribution < -0.4 is 10.9 Å². The monoisotopic (exact) mass is 456 g/mol. The molecule has 0 aliphatic heterocycles. The molecule has 5 rings (SSSR count). The number of carbonyl (C=O) groups is 1. The molecule has 0 radical (unpaired) electrons. The minimum absolute atomic E-state index is 0.00856. The fourth-order valence-electron chi connectivity index (χ4n) is 4.08. The van der Waals surface area contributed by atoms with E-state index < -0.39 is 0 Å². The summed E-state index contributed by atoms with van der Waals surface area (Å²) < 4.78 is 3.27. The van der Waals surface area contributed by atoms with Crippen LogP contribution in [0.25, 0.3) is 21.9 Å². The molecule has 0 fully saturated rings. The van der Waals surface area contributed by atoms with Gasteiger partial charge in [0.25, 0.3) is 5.56 Å². The topological polar surface area (TPSA) is 68.9 Å². The normalized spacial score (nSPS) is 11.2. The van der Waals surface area contributed by atoms with Crippen LogP contribution in [0.3, 0.4) is 0 Å². The molecule has 0 atom stereocenters. The van der Waals surface area contributed by atoms with Crippen LogP contribution in [-0.2, 0) is 17.9 Å². The molecule has 2 aromatic heterocycles. The van der Waals surface area contributed by atoms with Gasteiger partial charge >= 0.3 is 0 Å². The van der Waals surface area contributed by atoms with Crippen LogP contribution in [0, 0.1) is 6.92 Å². The molecule has 5 aromatic rings. The maximum absolute atomic E-state index is 13.6. The van der Waals surface area contributed by atoms with Gasteiger partial charge in [0.15, 0.2) is 0 Å². The zero-order valence-corrected chi connectivity index (χ0v) is 18.7. The lowest BCUT2D eigenvalue weighted by atomic mass is 10.2. The second kappa shape index (κ2) is 8.56. The predicted molar refractivity (Wildman–Crippen MR) is 132 cm³/mol. The second-order valence-corrected chi connectivity index (χ2v) is 8.34. The summed E-state index contributed by atoms with van der Waals surface area (Å²) in [6, 6.07) is 22.6. The fourth-order valence-corrected chi connectivity index (χ4v) is 4.28. The summed E-state index contributed by atoms with van der Waals surface area (Å²) in [4.78, 5) is 31.1. The zero-order valence-electron chi connectivity index (χ0n) is 18.0. The van der Waals surface area contributed by atoms with Gasteiger partial charge in [0.05, 0.1) is 18.4 Å². The Balaban J connectivity index is 1.60. The number of nitrogens with one attached hydrogen (secondary N) is 1. The molecule has 0 aliphatic carbocycles. The first-order valence-electron chi connectivity index (χ1n) is 10.6. The summed E-state index contributed by atoms with van der Waals surface area (Å²) in [7, 11) is 0. The summed E-state index contributed by atoms with van der Waals surface area (Å²) in [6.07, 6.45) is 1.54. The van der Waals surface area contributed by atoms with Crippen LogP contribution >= 0.6 is 11.6 Å². The Morgan fingerprint density at radius 2 is 1.73 bits per heavy atom. The van der Waals surface area contributed by atoms with Crippen molar-refractivity contribution in [3.8, 4) is 0 Å². The molecule has 33 heavy (non-hydrogen) atoms. The Morgan fingerprint density at radius 1 is 1.00 bits per heavy atom. The Morgan fingerprint density at radius 3 is 2.55 bits per heavy atom. The van der Waals surface area contributed by atoms with E-state index in [9.17, 15) is 9.59 Å². The molecule has 1 amide bonds. The summed E-state index contributed by atoms with van der Waals surface area (Å²) >= 11 is 6.30. The van der Waals surface area contributed by atoms with E-state index in [4.69, 9.17) is 11.6 Å². The number of carbonyl (C=O) groups excluding carboxylic acids is 1. The summed E-state index contributed by atoms with van der Waals surface area (Å²) in [6.45, 7) is 2.22. The van der Waals surface area contributed by atoms with Crippen LogP contribution in [0.1, 0.15) is 11.1 Å². The highest BCUT2D eigenvalue weighted by molar-refractivity contribution is 6.31. The maximum atomic E-state index is 13.6. The number of nitrogens with zero attached hydrogens (tertiary/aromatic N) is 3. The van der Waals surface area contributed by atoms with Crippen LogP contribution in [0.2, 0.25) is 5.02 Å². The summed E-state index contributed by atoms with van der Waals surface area (Å²) in [5.41, 5.74) is 4.07. The minimum Gasteiger partial charge on any atom is -0.325 e. The number of amides is 1. The SMILES string of the molecule is Cc1ccccc1NC(=O)Cn1c2ccccc2c2ncn(Cc3ccccc3Cl)c(=O)c21. The lowest BCUT2D eigenvalue weighted by Crippen LogP contribution is -2.25. The van der Waals surface area contributed by atoms with Gasteiger partial charge in [-0.05, 0) is 36.2 Å². The average molecular weight is 457 g/mol. The van der Waals surface area contributed by atoms with Crippen molar-refractivity contribution < 1.29 is 4.79 Å². The van der Waals surface area contributed by atoms with E-state index in [1.807, 2.05) is 73.7 Å². The van der Waals surface area contributed by atoms with Crippen molar-refractivity contribution in [2.24, 2.45) is 0 Å². The molecular weight excluding hydrogens is 436 g/mol. The van der Waals surface area contributed by atoms with Crippen LogP contribution in [-0.4, -0.2) is 20.0 Å². The van der Waals surface area contributed by atoms with Gasteiger partial charge in [0.1, 0.15) is 17.6 Å². The van der Waals surface area contributed by atoms with Gasteiger partial charge in [0.2, 0.25) is 5.91 Å². The molecule has 1 N–H and O–H groups in total. The third-order valence-electron chi connectivity index (χ3n) is 5.75. The highest BCUT2D eigenvalue weighted by Gasteiger charge is 2.19. The van der Waals surface area contributed by atoms with E-state index in [0.717, 1.165) is 27.7 Å². The summed E-state index contributed by atoms with van der Waals surface area (Å²) in [5, 5.41) is 4.37. The number of aryl methyl sites for hydroxylation is 1. The zero-order chi connectivity index (χ0) is 22.9. The maximum Gasteiger partial charge on any atom is 0.278 e. The van der Waals surface area contributed by atoms with Crippen molar-refractivity contribution in [1.82, 2.24) is 14.1 Å². The Labute approximate surface area is 195 Å². The smallest absolute Gasteiger partial charge is 0.278 e. The van der Waals surface area contributed by atoms with E-state index in [1.165, 1.54) is 10.9 Å². The standard InChI is InChI=1S/C26H21ClN4O2/c1-17-8-2-6-12-21(17)29-23(32)15-31-22-13-7-4-10-19(22)24-25(31)26(33)30(16-28-24)14-18-9-3-5-11-20(18)27/h2-13,16H,14-15H2,1H3,(H,29,32). The molecule has 0 aliphatic rings. The van der Waals surface area contributed by atoms with Gasteiger partial charge in [0, 0.05) is 16.1 Å². The van der Waals surface area contributed by atoms with Crippen molar-refractivity contribution in [2.45, 2.75) is 20.0 Å². The van der Waals surface area contributed by atoms with Crippen molar-refractivity contribution in [1.29, 1.82) is 0 Å². The Kier molecular flexibility index (Phi) is 5.44. The van der Waals surface area contributed by atoms with Gasteiger partial charge in [-0.3, -0.25) is 14.2 Å². The molecule has 2 heterocycles. The van der Waals surface area contributed by atoms with Gasteiger partial charge in [-0.25, -0.2) is 4.98 Å². The first-order valence-corrected chi connectivity index (χ1v) is 11.0. The Bertz CT molecular complexity index is 1570. The van der Waals surface area contributed by atoms with E-state index in [-0.39, 0.29) is 18.0 Å². The molecule has 6 nitrogen and oxygen atoms in total. The van der Waals surface area contributed by atoms with Crippen molar-refractivity contribution in [2.75, 3.05) is 5.32 Å². The number of fused-ring (bicyclic) bond motifs is 3. The summed E-state index contributed by atoms with van der Waals surface area (Å²) in [5.74, 6) is -0.215. The lowest BCUT2D eigenvalue weighted by Gasteiger charge is -2.11. The average Bonchev–Trinajstić information content (AvgIpc) is 3.13. The lowest BCUT2D eigenvalue weighted by molar-refractivity contribution is -0.116. The number of anilines is 1. The minimum atomic E-state index is -0.222. The van der Waals surface area contributed by atoms with Crippen molar-refractivity contribution in [3.05, 3.63) is 106 Å². The highest BCUT2D eigenvalue weighted by atomic mass is 35.5. The quantitative estimate of drug-likeness (QED) is 0.404. The molecule has 0 spiro atoms. The largest absolute Gasteiger partial charge is 0.325 e. The van der Waals surface area contributed by atoms with E-state index >= 15 is 0 Å². The molecule has 0 bridgehead atoms. The van der Waals surface area contributed by atoms with E-state index in [2.05, 4.69) is 10.3 Å². The van der Waals surface area contributed by atoms with Crippen LogP contribution in [0.4, 0.5) is 5.69 Å². The van der Waals surface area contributed by atoms with Crippen LogP contribution in [0.5, 0.6) is 0 Å². The molecule has 0 saturated carbocycles. The fraction of sp³-hybridized carbons (Fsp3) is 0.115. The van der Waals surface area contributed by atoms with E-state index in [1.54, 1.807) is 10.6 Å². The number of benzene rings is 3. The van der Waals surface area contributed by atoms with Gasteiger partial charge in [-0.15, -0.1) is 0 Å².